The number of amides is 1. The molecule has 0 aliphatic heterocycles. The number of carbonyl (C=O) groups is 1. The molecule has 100 valence electrons. The van der Waals surface area contributed by atoms with Crippen LogP contribution in [0.25, 0.3) is 0 Å². The number of nitrogens with one attached hydrogen (secondary N) is 2. The smallest absolute Gasteiger partial charge is 0.225 e. The molecule has 0 unspecified atom stereocenters. The van der Waals surface area contributed by atoms with Crippen LogP contribution in [-0.2, 0) is 4.79 Å². The van der Waals surface area contributed by atoms with Crippen molar-refractivity contribution in [3.05, 3.63) is 18.3 Å². The highest BCUT2D eigenvalue weighted by Crippen LogP contribution is 2.15. The maximum absolute atomic E-state index is 11.5. The quantitative estimate of drug-likeness (QED) is 0.840. The fourth-order valence-corrected chi connectivity index (χ4v) is 1.52. The summed E-state index contributed by atoms with van der Waals surface area (Å²) in [5.41, 5.74) is 0.960. The van der Waals surface area contributed by atoms with Crippen molar-refractivity contribution in [3.8, 4) is 0 Å². The maximum Gasteiger partial charge on any atom is 0.225 e. The fourth-order valence-electron chi connectivity index (χ4n) is 1.52. The van der Waals surface area contributed by atoms with Gasteiger partial charge in [0.2, 0.25) is 5.91 Å². The lowest BCUT2D eigenvalue weighted by Crippen LogP contribution is -2.26. The van der Waals surface area contributed by atoms with E-state index in [0.29, 0.717) is 12.2 Å². The average molecular weight is 249 g/mol. The number of pyridine rings is 1. The molecule has 4 nitrogen and oxygen atoms in total. The summed E-state index contributed by atoms with van der Waals surface area (Å²) in [6.45, 7) is 8.34. The van der Waals surface area contributed by atoms with E-state index in [9.17, 15) is 4.79 Å². The Morgan fingerprint density at radius 3 is 2.56 bits per heavy atom. The molecule has 0 atom stereocenters. The lowest BCUT2D eigenvalue weighted by Gasteiger charge is -2.21. The highest BCUT2D eigenvalue weighted by atomic mass is 16.1. The van der Waals surface area contributed by atoms with Crippen LogP contribution in [0.2, 0.25) is 0 Å². The van der Waals surface area contributed by atoms with E-state index < -0.39 is 0 Å². The Hall–Kier alpha value is -1.58. The molecule has 0 spiro atoms. The van der Waals surface area contributed by atoms with E-state index in [1.165, 1.54) is 0 Å². The highest BCUT2D eigenvalue weighted by Gasteiger charge is 2.09. The van der Waals surface area contributed by atoms with Crippen LogP contribution in [0, 0.1) is 0 Å². The summed E-state index contributed by atoms with van der Waals surface area (Å²) in [4.78, 5) is 15.7. The van der Waals surface area contributed by atoms with E-state index >= 15 is 0 Å². The summed E-state index contributed by atoms with van der Waals surface area (Å²) < 4.78 is 0. The topological polar surface area (TPSA) is 54.0 Å². The number of hydrogen-bond acceptors (Lipinski definition) is 3. The zero-order valence-electron chi connectivity index (χ0n) is 11.7. The molecular weight excluding hydrogens is 226 g/mol. The van der Waals surface area contributed by atoms with E-state index in [4.69, 9.17) is 0 Å². The molecule has 0 radical (unpaired) electrons. The Bertz CT molecular complexity index is 379. The van der Waals surface area contributed by atoms with E-state index in [2.05, 4.69) is 43.3 Å². The van der Waals surface area contributed by atoms with Gasteiger partial charge in [-0.15, -0.1) is 0 Å². The summed E-state index contributed by atoms with van der Waals surface area (Å²) in [5, 5.41) is 6.11. The van der Waals surface area contributed by atoms with E-state index in [0.717, 1.165) is 18.5 Å². The molecule has 18 heavy (non-hydrogen) atoms. The normalized spacial score (nSPS) is 11.1. The first-order chi connectivity index (χ1) is 8.40. The van der Waals surface area contributed by atoms with Crippen LogP contribution in [0.4, 0.5) is 11.5 Å². The van der Waals surface area contributed by atoms with E-state index in [-0.39, 0.29) is 11.4 Å². The summed E-state index contributed by atoms with van der Waals surface area (Å²) >= 11 is 0. The minimum Gasteiger partial charge on any atom is -0.379 e. The second kappa shape index (κ2) is 6.38. The molecule has 0 saturated carbocycles. The molecular formula is C14H23N3O. The molecule has 4 heteroatoms. The summed E-state index contributed by atoms with van der Waals surface area (Å²) in [5.74, 6) is 0.636. The summed E-state index contributed by atoms with van der Waals surface area (Å²) in [6, 6.07) is 3.74. The second-order valence-electron chi connectivity index (χ2n) is 5.46. The summed E-state index contributed by atoms with van der Waals surface area (Å²) in [6.07, 6.45) is 4.23. The third-order valence-corrected chi connectivity index (χ3v) is 2.31. The Labute approximate surface area is 109 Å². The van der Waals surface area contributed by atoms with Crippen molar-refractivity contribution in [3.63, 3.8) is 0 Å². The van der Waals surface area contributed by atoms with Gasteiger partial charge in [0, 0.05) is 12.0 Å². The van der Waals surface area contributed by atoms with Gasteiger partial charge in [0.25, 0.3) is 0 Å². The predicted octanol–water partition coefficient (Wildman–Crippen LogP) is 3.42. The molecule has 0 fully saturated rings. The van der Waals surface area contributed by atoms with Gasteiger partial charge in [-0.3, -0.25) is 4.79 Å². The Morgan fingerprint density at radius 2 is 2.06 bits per heavy atom. The standard InChI is InChI=1S/C14H23N3O/c1-5-6-7-13(18)16-12-9-8-11(10-15-12)17-14(2,3)4/h8-10,17H,5-7H2,1-4H3,(H,15,16,18). The van der Waals surface area contributed by atoms with Gasteiger partial charge in [0.15, 0.2) is 0 Å². The lowest BCUT2D eigenvalue weighted by atomic mass is 10.1. The lowest BCUT2D eigenvalue weighted by molar-refractivity contribution is -0.116. The molecule has 2 N–H and O–H groups in total. The average Bonchev–Trinajstić information content (AvgIpc) is 2.27. The molecule has 0 saturated heterocycles. The Morgan fingerprint density at radius 1 is 1.33 bits per heavy atom. The Kier molecular flexibility index (Phi) is 5.13. The van der Waals surface area contributed by atoms with Crippen molar-refractivity contribution in [1.29, 1.82) is 0 Å². The SMILES string of the molecule is CCCCC(=O)Nc1ccc(NC(C)(C)C)cn1. The number of aromatic nitrogens is 1. The predicted molar refractivity (Wildman–Crippen MR) is 75.8 cm³/mol. The van der Waals surface area contributed by atoms with Gasteiger partial charge in [0.1, 0.15) is 5.82 Å². The van der Waals surface area contributed by atoms with Gasteiger partial charge in [-0.1, -0.05) is 13.3 Å². The molecule has 1 amide bonds. The Balaban J connectivity index is 2.52. The monoisotopic (exact) mass is 249 g/mol. The van der Waals surface area contributed by atoms with Crippen LogP contribution >= 0.6 is 0 Å². The van der Waals surface area contributed by atoms with Gasteiger partial charge in [0.05, 0.1) is 11.9 Å². The van der Waals surface area contributed by atoms with Crippen LogP contribution < -0.4 is 10.6 Å². The van der Waals surface area contributed by atoms with Crippen molar-refractivity contribution < 1.29 is 4.79 Å². The number of unbranched alkanes of at least 4 members (excludes halogenated alkanes) is 1. The van der Waals surface area contributed by atoms with Gasteiger partial charge >= 0.3 is 0 Å². The van der Waals surface area contributed by atoms with E-state index in [1.54, 1.807) is 6.20 Å². The molecule has 0 aromatic carbocycles. The first kappa shape index (κ1) is 14.5. The zero-order valence-corrected chi connectivity index (χ0v) is 11.7. The number of nitrogens with zero attached hydrogens (tertiary/aromatic N) is 1. The molecule has 0 bridgehead atoms. The second-order valence-corrected chi connectivity index (χ2v) is 5.46. The van der Waals surface area contributed by atoms with Gasteiger partial charge < -0.3 is 10.6 Å². The van der Waals surface area contributed by atoms with Crippen molar-refractivity contribution in [1.82, 2.24) is 4.98 Å². The molecule has 1 rings (SSSR count). The molecule has 1 heterocycles. The van der Waals surface area contributed by atoms with Crippen LogP contribution in [0.5, 0.6) is 0 Å². The molecule has 0 aliphatic rings. The van der Waals surface area contributed by atoms with E-state index in [1.807, 2.05) is 12.1 Å². The van der Waals surface area contributed by atoms with Crippen LogP contribution in [0.3, 0.4) is 0 Å². The van der Waals surface area contributed by atoms with Crippen molar-refractivity contribution in [2.75, 3.05) is 10.6 Å². The first-order valence-corrected chi connectivity index (χ1v) is 6.45. The molecule has 0 aliphatic carbocycles. The third kappa shape index (κ3) is 5.66. The number of carbonyl (C=O) groups excluding carboxylic acids is 1. The van der Waals surface area contributed by atoms with Crippen molar-refractivity contribution in [2.45, 2.75) is 52.5 Å². The van der Waals surface area contributed by atoms with Crippen LogP contribution in [0.15, 0.2) is 18.3 Å². The number of hydrogen-bond donors (Lipinski definition) is 2. The fraction of sp³-hybridized carbons (Fsp3) is 0.571. The molecule has 1 aromatic heterocycles. The first-order valence-electron chi connectivity index (χ1n) is 6.45. The van der Waals surface area contributed by atoms with Gasteiger partial charge in [-0.2, -0.15) is 0 Å². The summed E-state index contributed by atoms with van der Waals surface area (Å²) in [7, 11) is 0. The van der Waals surface area contributed by atoms with Gasteiger partial charge in [-0.25, -0.2) is 4.98 Å². The molecule has 1 aromatic rings. The number of rotatable bonds is 5. The third-order valence-electron chi connectivity index (χ3n) is 2.31. The number of anilines is 2. The van der Waals surface area contributed by atoms with Crippen LogP contribution in [-0.4, -0.2) is 16.4 Å². The van der Waals surface area contributed by atoms with Gasteiger partial charge in [-0.05, 0) is 39.3 Å². The van der Waals surface area contributed by atoms with Crippen LogP contribution in [0.1, 0.15) is 47.0 Å². The minimum absolute atomic E-state index is 0.00751. The van der Waals surface area contributed by atoms with Crippen molar-refractivity contribution in [2.24, 2.45) is 0 Å². The van der Waals surface area contributed by atoms with Crippen molar-refractivity contribution >= 4 is 17.4 Å². The zero-order chi connectivity index (χ0) is 13.6. The minimum atomic E-state index is 0.00751. The maximum atomic E-state index is 11.5. The largest absolute Gasteiger partial charge is 0.379 e. The highest BCUT2D eigenvalue weighted by molar-refractivity contribution is 5.89.